The van der Waals surface area contributed by atoms with Crippen molar-refractivity contribution in [2.24, 2.45) is 0 Å². The highest BCUT2D eigenvalue weighted by Crippen LogP contribution is 2.30. The van der Waals surface area contributed by atoms with Crippen molar-refractivity contribution < 1.29 is 8.78 Å². The standard InChI is InChI=1S/C14H16BrF2N3/c1-3-18-13(10-7-9(16)5-6-12(10)17)14-11(15)8-19-20(14)4-2/h5-8,13,18H,3-4H2,1-2H3. The quantitative estimate of drug-likeness (QED) is 0.898. The van der Waals surface area contributed by atoms with Gasteiger partial charge in [0.15, 0.2) is 0 Å². The van der Waals surface area contributed by atoms with Crippen LogP contribution >= 0.6 is 15.9 Å². The zero-order chi connectivity index (χ0) is 14.7. The molecule has 6 heteroatoms. The van der Waals surface area contributed by atoms with E-state index in [1.807, 2.05) is 13.8 Å². The number of hydrogen-bond donors (Lipinski definition) is 1. The molecule has 0 radical (unpaired) electrons. The van der Waals surface area contributed by atoms with E-state index in [-0.39, 0.29) is 5.56 Å². The molecule has 1 aromatic heterocycles. The number of nitrogens with zero attached hydrogens (tertiary/aromatic N) is 2. The van der Waals surface area contributed by atoms with Crippen LogP contribution < -0.4 is 5.32 Å². The van der Waals surface area contributed by atoms with E-state index in [1.165, 1.54) is 6.07 Å². The molecule has 0 fully saturated rings. The summed E-state index contributed by atoms with van der Waals surface area (Å²) in [7, 11) is 0. The van der Waals surface area contributed by atoms with Gasteiger partial charge in [0.1, 0.15) is 11.6 Å². The average molecular weight is 344 g/mol. The topological polar surface area (TPSA) is 29.9 Å². The molecule has 0 saturated carbocycles. The zero-order valence-electron chi connectivity index (χ0n) is 11.3. The van der Waals surface area contributed by atoms with E-state index in [4.69, 9.17) is 0 Å². The van der Waals surface area contributed by atoms with Crippen LogP contribution in [0.15, 0.2) is 28.9 Å². The molecule has 1 heterocycles. The minimum absolute atomic E-state index is 0.280. The van der Waals surface area contributed by atoms with Gasteiger partial charge in [0.2, 0.25) is 0 Å². The number of halogens is 3. The third kappa shape index (κ3) is 2.91. The van der Waals surface area contributed by atoms with Gasteiger partial charge in [-0.05, 0) is 47.6 Å². The predicted molar refractivity (Wildman–Crippen MR) is 77.5 cm³/mol. The summed E-state index contributed by atoms with van der Waals surface area (Å²) in [6.07, 6.45) is 1.67. The maximum atomic E-state index is 14.1. The lowest BCUT2D eigenvalue weighted by Gasteiger charge is -2.21. The van der Waals surface area contributed by atoms with E-state index >= 15 is 0 Å². The van der Waals surface area contributed by atoms with E-state index in [9.17, 15) is 8.78 Å². The van der Waals surface area contributed by atoms with E-state index < -0.39 is 17.7 Å². The summed E-state index contributed by atoms with van der Waals surface area (Å²) in [5, 5.41) is 7.42. The maximum Gasteiger partial charge on any atom is 0.128 e. The summed E-state index contributed by atoms with van der Waals surface area (Å²) in [5.41, 5.74) is 1.07. The zero-order valence-corrected chi connectivity index (χ0v) is 12.9. The smallest absolute Gasteiger partial charge is 0.128 e. The van der Waals surface area contributed by atoms with Crippen LogP contribution in [-0.4, -0.2) is 16.3 Å². The molecule has 1 N–H and O–H groups in total. The van der Waals surface area contributed by atoms with Crippen LogP contribution in [0.25, 0.3) is 0 Å². The highest BCUT2D eigenvalue weighted by molar-refractivity contribution is 9.10. The van der Waals surface area contributed by atoms with Gasteiger partial charge in [-0.15, -0.1) is 0 Å². The Labute approximate surface area is 125 Å². The maximum absolute atomic E-state index is 14.1. The van der Waals surface area contributed by atoms with Crippen LogP contribution in [0.3, 0.4) is 0 Å². The summed E-state index contributed by atoms with van der Waals surface area (Å²) >= 11 is 3.43. The molecule has 0 aliphatic rings. The second kappa shape index (κ2) is 6.45. The number of hydrogen-bond acceptors (Lipinski definition) is 2. The number of aromatic nitrogens is 2. The van der Waals surface area contributed by atoms with Gasteiger partial charge in [0.25, 0.3) is 0 Å². The summed E-state index contributed by atoms with van der Waals surface area (Å²) in [6.45, 7) is 5.15. The Kier molecular flexibility index (Phi) is 4.88. The van der Waals surface area contributed by atoms with Crippen molar-refractivity contribution in [1.82, 2.24) is 15.1 Å². The number of benzene rings is 1. The Morgan fingerprint density at radius 1 is 1.35 bits per heavy atom. The van der Waals surface area contributed by atoms with Crippen LogP contribution in [0.4, 0.5) is 8.78 Å². The van der Waals surface area contributed by atoms with Gasteiger partial charge in [-0.2, -0.15) is 5.10 Å². The first-order valence-corrected chi connectivity index (χ1v) is 7.27. The van der Waals surface area contributed by atoms with E-state index in [1.54, 1.807) is 10.9 Å². The van der Waals surface area contributed by atoms with Gasteiger partial charge in [-0.25, -0.2) is 8.78 Å². The highest BCUT2D eigenvalue weighted by atomic mass is 79.9. The number of aryl methyl sites for hydroxylation is 1. The third-order valence-corrected chi connectivity index (χ3v) is 3.69. The summed E-state index contributed by atoms with van der Waals surface area (Å²) in [5.74, 6) is -0.893. The highest BCUT2D eigenvalue weighted by Gasteiger charge is 2.23. The molecule has 0 aliphatic heterocycles. The third-order valence-electron chi connectivity index (χ3n) is 3.08. The second-order valence-corrected chi connectivity index (χ2v) is 5.20. The summed E-state index contributed by atoms with van der Waals surface area (Å²) in [4.78, 5) is 0. The van der Waals surface area contributed by atoms with E-state index in [2.05, 4.69) is 26.3 Å². The van der Waals surface area contributed by atoms with Crippen molar-refractivity contribution >= 4 is 15.9 Å². The Hall–Kier alpha value is -1.27. The lowest BCUT2D eigenvalue weighted by Crippen LogP contribution is -2.26. The van der Waals surface area contributed by atoms with Crippen LogP contribution in [0.2, 0.25) is 0 Å². The largest absolute Gasteiger partial charge is 0.305 e. The molecule has 20 heavy (non-hydrogen) atoms. The Morgan fingerprint density at radius 3 is 2.75 bits per heavy atom. The first kappa shape index (κ1) is 15.1. The van der Waals surface area contributed by atoms with E-state index in [0.29, 0.717) is 13.1 Å². The lowest BCUT2D eigenvalue weighted by atomic mass is 10.0. The van der Waals surface area contributed by atoms with Gasteiger partial charge < -0.3 is 5.32 Å². The fourth-order valence-corrected chi connectivity index (χ4v) is 2.73. The normalized spacial score (nSPS) is 12.7. The van der Waals surface area contributed by atoms with Gasteiger partial charge in [-0.3, -0.25) is 4.68 Å². The van der Waals surface area contributed by atoms with Crippen LogP contribution in [-0.2, 0) is 6.54 Å². The molecule has 0 bridgehead atoms. The van der Waals surface area contributed by atoms with Crippen LogP contribution in [0, 0.1) is 11.6 Å². The molecule has 1 aromatic carbocycles. The predicted octanol–water partition coefficient (Wildman–Crippen LogP) is 3.64. The molecule has 1 unspecified atom stereocenters. The molecule has 0 spiro atoms. The fraction of sp³-hybridized carbons (Fsp3) is 0.357. The molecule has 108 valence electrons. The number of rotatable bonds is 5. The Bertz CT molecular complexity index is 598. The number of nitrogens with one attached hydrogen (secondary N) is 1. The molecular formula is C14H16BrF2N3. The van der Waals surface area contributed by atoms with E-state index in [0.717, 1.165) is 22.3 Å². The van der Waals surface area contributed by atoms with Crippen molar-refractivity contribution in [3.63, 3.8) is 0 Å². The Morgan fingerprint density at radius 2 is 2.10 bits per heavy atom. The van der Waals surface area contributed by atoms with Gasteiger partial charge in [-0.1, -0.05) is 6.92 Å². The fourth-order valence-electron chi connectivity index (χ4n) is 2.20. The molecule has 0 aliphatic carbocycles. The molecule has 2 rings (SSSR count). The van der Waals surface area contributed by atoms with Crippen LogP contribution in [0.1, 0.15) is 31.1 Å². The van der Waals surface area contributed by atoms with Crippen molar-refractivity contribution in [3.05, 3.63) is 51.8 Å². The first-order chi connectivity index (χ1) is 9.58. The van der Waals surface area contributed by atoms with Crippen molar-refractivity contribution in [1.29, 1.82) is 0 Å². The van der Waals surface area contributed by atoms with Crippen molar-refractivity contribution in [2.45, 2.75) is 26.4 Å². The molecule has 1 atom stereocenters. The minimum Gasteiger partial charge on any atom is -0.305 e. The summed E-state index contributed by atoms with van der Waals surface area (Å²) < 4.78 is 30.0. The molecular weight excluding hydrogens is 328 g/mol. The molecule has 3 nitrogen and oxygen atoms in total. The van der Waals surface area contributed by atoms with Gasteiger partial charge in [0, 0.05) is 12.1 Å². The van der Waals surface area contributed by atoms with Crippen molar-refractivity contribution in [3.8, 4) is 0 Å². The molecule has 0 amide bonds. The monoisotopic (exact) mass is 343 g/mol. The Balaban J connectivity index is 2.56. The first-order valence-electron chi connectivity index (χ1n) is 6.48. The van der Waals surface area contributed by atoms with Crippen LogP contribution in [0.5, 0.6) is 0 Å². The van der Waals surface area contributed by atoms with Gasteiger partial charge in [0.05, 0.1) is 22.4 Å². The lowest BCUT2D eigenvalue weighted by molar-refractivity contribution is 0.508. The molecule has 2 aromatic rings. The molecule has 0 saturated heterocycles. The van der Waals surface area contributed by atoms with Gasteiger partial charge >= 0.3 is 0 Å². The average Bonchev–Trinajstić information content (AvgIpc) is 2.80. The van der Waals surface area contributed by atoms with Crippen molar-refractivity contribution in [2.75, 3.05) is 6.54 Å². The SMILES string of the molecule is CCNC(c1cc(F)ccc1F)c1c(Br)cnn1CC. The minimum atomic E-state index is -0.456. The second-order valence-electron chi connectivity index (χ2n) is 4.35. The summed E-state index contributed by atoms with van der Waals surface area (Å²) in [6, 6.07) is 3.04.